The Hall–Kier alpha value is -2.73. The highest BCUT2D eigenvalue weighted by molar-refractivity contribution is 14.1. The first kappa shape index (κ1) is 21.6. The maximum atomic E-state index is 12.2. The molecule has 2 aromatic rings. The van der Waals surface area contributed by atoms with E-state index in [1.807, 2.05) is 13.0 Å². The first-order chi connectivity index (χ1) is 13.6. The third kappa shape index (κ3) is 6.16. The SMILES string of the molecule is C#CCOc1c(I)cc(/C=N\NC(=O)c2ccc(OCCC)cc2)cc1OC. The third-order valence-corrected chi connectivity index (χ3v) is 4.32. The number of hydrazone groups is 1. The van der Waals surface area contributed by atoms with E-state index in [-0.39, 0.29) is 12.5 Å². The van der Waals surface area contributed by atoms with Crippen molar-refractivity contribution in [2.45, 2.75) is 13.3 Å². The Balaban J connectivity index is 2.02. The lowest BCUT2D eigenvalue weighted by molar-refractivity contribution is 0.0955. The molecular formula is C21H21IN2O4. The molecule has 28 heavy (non-hydrogen) atoms. The van der Waals surface area contributed by atoms with E-state index in [1.165, 1.54) is 6.21 Å². The Morgan fingerprint density at radius 1 is 1.29 bits per heavy atom. The van der Waals surface area contributed by atoms with Gasteiger partial charge in [-0.25, -0.2) is 5.43 Å². The summed E-state index contributed by atoms with van der Waals surface area (Å²) in [5, 5.41) is 4.01. The molecule has 2 rings (SSSR count). The zero-order valence-electron chi connectivity index (χ0n) is 15.7. The summed E-state index contributed by atoms with van der Waals surface area (Å²) in [4.78, 5) is 12.2. The zero-order valence-corrected chi connectivity index (χ0v) is 17.9. The molecule has 146 valence electrons. The van der Waals surface area contributed by atoms with Gasteiger partial charge in [-0.05, 0) is 71.0 Å². The molecule has 0 spiro atoms. The van der Waals surface area contributed by atoms with Crippen LogP contribution in [0.15, 0.2) is 41.5 Å². The average molecular weight is 492 g/mol. The highest BCUT2D eigenvalue weighted by atomic mass is 127. The van der Waals surface area contributed by atoms with Gasteiger partial charge in [-0.1, -0.05) is 12.8 Å². The number of methoxy groups -OCH3 is 1. The molecule has 0 aliphatic heterocycles. The lowest BCUT2D eigenvalue weighted by atomic mass is 10.2. The first-order valence-electron chi connectivity index (χ1n) is 8.59. The van der Waals surface area contributed by atoms with E-state index in [0.29, 0.717) is 23.7 Å². The van der Waals surface area contributed by atoms with Crippen LogP contribution in [0.5, 0.6) is 17.2 Å². The van der Waals surface area contributed by atoms with Crippen molar-refractivity contribution in [3.8, 4) is 29.6 Å². The Morgan fingerprint density at radius 3 is 2.68 bits per heavy atom. The molecule has 0 fully saturated rings. The van der Waals surface area contributed by atoms with Crippen LogP contribution in [-0.2, 0) is 0 Å². The van der Waals surface area contributed by atoms with Crippen molar-refractivity contribution in [1.82, 2.24) is 5.43 Å². The number of carbonyl (C=O) groups is 1. The van der Waals surface area contributed by atoms with Gasteiger partial charge in [0, 0.05) is 5.56 Å². The molecule has 0 bridgehead atoms. The monoisotopic (exact) mass is 492 g/mol. The van der Waals surface area contributed by atoms with Crippen molar-refractivity contribution in [1.29, 1.82) is 0 Å². The van der Waals surface area contributed by atoms with Gasteiger partial charge in [-0.15, -0.1) is 6.42 Å². The van der Waals surface area contributed by atoms with E-state index in [9.17, 15) is 4.79 Å². The predicted octanol–water partition coefficient (Wildman–Crippen LogP) is 3.86. The van der Waals surface area contributed by atoms with Crippen molar-refractivity contribution in [3.63, 3.8) is 0 Å². The van der Waals surface area contributed by atoms with E-state index in [2.05, 4.69) is 39.0 Å². The molecule has 7 heteroatoms. The van der Waals surface area contributed by atoms with Crippen LogP contribution in [0.2, 0.25) is 0 Å². The Morgan fingerprint density at radius 2 is 2.04 bits per heavy atom. The maximum Gasteiger partial charge on any atom is 0.271 e. The van der Waals surface area contributed by atoms with E-state index < -0.39 is 0 Å². The fourth-order valence-electron chi connectivity index (χ4n) is 2.22. The third-order valence-electron chi connectivity index (χ3n) is 3.52. The summed E-state index contributed by atoms with van der Waals surface area (Å²) >= 11 is 2.13. The number of terminal acetylenes is 1. The summed E-state index contributed by atoms with van der Waals surface area (Å²) in [7, 11) is 1.55. The number of hydrogen-bond acceptors (Lipinski definition) is 5. The molecule has 0 radical (unpaired) electrons. The van der Waals surface area contributed by atoms with Crippen LogP contribution in [0.4, 0.5) is 0 Å². The number of amides is 1. The number of hydrogen-bond donors (Lipinski definition) is 1. The van der Waals surface area contributed by atoms with Crippen molar-refractivity contribution in [2.75, 3.05) is 20.3 Å². The minimum Gasteiger partial charge on any atom is -0.494 e. The first-order valence-corrected chi connectivity index (χ1v) is 9.67. The van der Waals surface area contributed by atoms with Crippen molar-refractivity contribution in [3.05, 3.63) is 51.1 Å². The van der Waals surface area contributed by atoms with Gasteiger partial charge in [0.2, 0.25) is 0 Å². The van der Waals surface area contributed by atoms with Gasteiger partial charge in [0.1, 0.15) is 12.4 Å². The Labute approximate surface area is 178 Å². The number of nitrogens with zero attached hydrogens (tertiary/aromatic N) is 1. The second kappa shape index (κ2) is 11.2. The van der Waals surface area contributed by atoms with Gasteiger partial charge < -0.3 is 14.2 Å². The standard InChI is InChI=1S/C21H21IN2O4/c1-4-10-27-17-8-6-16(7-9-17)21(25)24-23-14-15-12-18(22)20(28-11-5-2)19(13-15)26-3/h2,6-9,12-14H,4,10-11H2,1,3H3,(H,24,25)/b23-14-. The molecule has 0 unspecified atom stereocenters. The second-order valence-corrected chi connectivity index (χ2v) is 6.76. The number of rotatable bonds is 9. The number of carbonyl (C=O) groups excluding carboxylic acids is 1. The molecule has 0 saturated heterocycles. The molecule has 6 nitrogen and oxygen atoms in total. The van der Waals surface area contributed by atoms with Crippen LogP contribution in [0, 0.1) is 15.9 Å². The highest BCUT2D eigenvalue weighted by Crippen LogP contribution is 2.33. The topological polar surface area (TPSA) is 69.2 Å². The van der Waals surface area contributed by atoms with Crippen molar-refractivity contribution in [2.24, 2.45) is 5.10 Å². The van der Waals surface area contributed by atoms with Gasteiger partial charge in [0.25, 0.3) is 5.91 Å². The summed E-state index contributed by atoms with van der Waals surface area (Å²) in [6, 6.07) is 10.5. The summed E-state index contributed by atoms with van der Waals surface area (Å²) in [6.45, 7) is 2.83. The normalized spacial score (nSPS) is 10.4. The number of ether oxygens (including phenoxy) is 3. The Kier molecular flexibility index (Phi) is 8.62. The van der Waals surface area contributed by atoms with Crippen LogP contribution in [0.1, 0.15) is 29.3 Å². The average Bonchev–Trinajstić information content (AvgIpc) is 2.71. The van der Waals surface area contributed by atoms with Gasteiger partial charge in [0.15, 0.2) is 11.5 Å². The lowest BCUT2D eigenvalue weighted by Gasteiger charge is -2.11. The quantitative estimate of drug-likeness (QED) is 0.250. The van der Waals surface area contributed by atoms with Crippen molar-refractivity contribution >= 4 is 34.7 Å². The van der Waals surface area contributed by atoms with E-state index in [0.717, 1.165) is 21.3 Å². The van der Waals surface area contributed by atoms with E-state index in [4.69, 9.17) is 20.6 Å². The Bertz CT molecular complexity index is 873. The van der Waals surface area contributed by atoms with E-state index >= 15 is 0 Å². The maximum absolute atomic E-state index is 12.2. The molecule has 0 saturated carbocycles. The fourth-order valence-corrected chi connectivity index (χ4v) is 3.00. The van der Waals surface area contributed by atoms with Gasteiger partial charge in [-0.3, -0.25) is 4.79 Å². The molecule has 0 aliphatic rings. The van der Waals surface area contributed by atoms with Crippen LogP contribution < -0.4 is 19.6 Å². The molecule has 0 aromatic heterocycles. The summed E-state index contributed by atoms with van der Waals surface area (Å²) < 4.78 is 17.2. The molecule has 0 heterocycles. The predicted molar refractivity (Wildman–Crippen MR) is 117 cm³/mol. The minimum atomic E-state index is -0.311. The highest BCUT2D eigenvalue weighted by Gasteiger charge is 2.11. The summed E-state index contributed by atoms with van der Waals surface area (Å²) in [5.74, 6) is 3.96. The summed E-state index contributed by atoms with van der Waals surface area (Å²) in [5.41, 5.74) is 3.74. The molecule has 0 atom stereocenters. The van der Waals surface area contributed by atoms with Crippen LogP contribution in [0.25, 0.3) is 0 Å². The largest absolute Gasteiger partial charge is 0.494 e. The van der Waals surface area contributed by atoms with E-state index in [1.54, 1.807) is 37.4 Å². The zero-order chi connectivity index (χ0) is 20.4. The number of benzene rings is 2. The molecule has 1 amide bonds. The molecule has 1 N–H and O–H groups in total. The van der Waals surface area contributed by atoms with Crippen LogP contribution >= 0.6 is 22.6 Å². The molecular weight excluding hydrogens is 471 g/mol. The van der Waals surface area contributed by atoms with Gasteiger partial charge in [0.05, 0.1) is 23.5 Å². The second-order valence-electron chi connectivity index (χ2n) is 5.60. The number of halogens is 1. The van der Waals surface area contributed by atoms with Gasteiger partial charge >= 0.3 is 0 Å². The lowest BCUT2D eigenvalue weighted by Crippen LogP contribution is -2.17. The van der Waals surface area contributed by atoms with Crippen LogP contribution in [0.3, 0.4) is 0 Å². The molecule has 2 aromatic carbocycles. The summed E-state index contributed by atoms with van der Waals surface area (Å²) in [6.07, 6.45) is 7.70. The fraction of sp³-hybridized carbons (Fsp3) is 0.238. The van der Waals surface area contributed by atoms with Gasteiger partial charge in [-0.2, -0.15) is 5.10 Å². The number of nitrogens with one attached hydrogen (secondary N) is 1. The smallest absolute Gasteiger partial charge is 0.271 e. The van der Waals surface area contributed by atoms with Crippen LogP contribution in [-0.4, -0.2) is 32.4 Å². The minimum absolute atomic E-state index is 0.151. The molecule has 0 aliphatic carbocycles. The van der Waals surface area contributed by atoms with Crippen molar-refractivity contribution < 1.29 is 19.0 Å².